The number of carbonyl (C=O) groups excluding carboxylic acids is 2. The van der Waals surface area contributed by atoms with E-state index in [1.807, 2.05) is 0 Å². The number of nitrogens with zero attached hydrogens (tertiary/aromatic N) is 1. The number of benzene rings is 1. The Balaban J connectivity index is 1.56. The van der Waals surface area contributed by atoms with E-state index in [-0.39, 0.29) is 12.5 Å². The molecule has 1 fully saturated rings. The lowest BCUT2D eigenvalue weighted by Gasteiger charge is -2.16. The summed E-state index contributed by atoms with van der Waals surface area (Å²) < 4.78 is 5.68. The third-order valence-corrected chi connectivity index (χ3v) is 4.74. The molecule has 1 aromatic carbocycles. The summed E-state index contributed by atoms with van der Waals surface area (Å²) in [5, 5.41) is 15.1. The summed E-state index contributed by atoms with van der Waals surface area (Å²) in [5.41, 5.74) is 2.96. The number of rotatable bonds is 6. The van der Waals surface area contributed by atoms with Gasteiger partial charge in [0.25, 0.3) is 0 Å². The zero-order chi connectivity index (χ0) is 20.1. The Bertz CT molecular complexity index is 843. The molecule has 1 aromatic heterocycles. The fourth-order valence-electron chi connectivity index (χ4n) is 2.95. The summed E-state index contributed by atoms with van der Waals surface area (Å²) >= 11 is 11.7. The van der Waals surface area contributed by atoms with E-state index < -0.39 is 17.7 Å². The van der Waals surface area contributed by atoms with E-state index >= 15 is 0 Å². The van der Waals surface area contributed by atoms with Crippen molar-refractivity contribution in [1.29, 1.82) is 0 Å². The second-order valence-electron chi connectivity index (χ2n) is 6.27. The molecule has 0 unspecified atom stereocenters. The van der Waals surface area contributed by atoms with Crippen molar-refractivity contribution in [2.24, 2.45) is 11.8 Å². The standard InChI is InChI=1S/C18H18Cl2N4O4/c19-15-5-10(6-16(20)23-15)9-28-12-3-1-11(2-4-12)22-17(25)13-7-21-8-14(13)18(26)24-27/h1-6,13-14,21,27H,7-9H2,(H,22,25)(H,24,26)/t13-,14-/m0/s1. The van der Waals surface area contributed by atoms with Gasteiger partial charge < -0.3 is 15.4 Å². The third-order valence-electron chi connectivity index (χ3n) is 4.35. The average molecular weight is 425 g/mol. The van der Waals surface area contributed by atoms with Crippen molar-refractivity contribution >= 4 is 40.7 Å². The predicted octanol–water partition coefficient (Wildman–Crippen LogP) is 2.25. The largest absolute Gasteiger partial charge is 0.489 e. The van der Waals surface area contributed by atoms with Crippen molar-refractivity contribution in [3.8, 4) is 5.75 Å². The molecule has 0 radical (unpaired) electrons. The number of ether oxygens (including phenoxy) is 1. The molecule has 2 atom stereocenters. The Morgan fingerprint density at radius 1 is 1.11 bits per heavy atom. The average Bonchev–Trinajstić information content (AvgIpc) is 3.16. The van der Waals surface area contributed by atoms with Gasteiger partial charge in [-0.3, -0.25) is 14.8 Å². The van der Waals surface area contributed by atoms with E-state index in [1.165, 1.54) is 0 Å². The number of pyridine rings is 1. The lowest BCUT2D eigenvalue weighted by molar-refractivity contribution is -0.136. The van der Waals surface area contributed by atoms with Gasteiger partial charge in [-0.25, -0.2) is 10.5 Å². The van der Waals surface area contributed by atoms with Crippen LogP contribution in [0.4, 0.5) is 5.69 Å². The van der Waals surface area contributed by atoms with E-state index in [4.69, 9.17) is 33.1 Å². The summed E-state index contributed by atoms with van der Waals surface area (Å²) in [4.78, 5) is 27.9. The van der Waals surface area contributed by atoms with Crippen molar-refractivity contribution in [2.45, 2.75) is 6.61 Å². The Morgan fingerprint density at radius 3 is 2.32 bits per heavy atom. The fourth-order valence-corrected chi connectivity index (χ4v) is 3.45. The first-order valence-electron chi connectivity index (χ1n) is 8.46. The highest BCUT2D eigenvalue weighted by Crippen LogP contribution is 2.22. The van der Waals surface area contributed by atoms with E-state index in [0.717, 1.165) is 5.56 Å². The zero-order valence-corrected chi connectivity index (χ0v) is 16.1. The fraction of sp³-hybridized carbons (Fsp3) is 0.278. The minimum Gasteiger partial charge on any atom is -0.489 e. The van der Waals surface area contributed by atoms with Crippen LogP contribution in [0.25, 0.3) is 0 Å². The maximum absolute atomic E-state index is 12.4. The number of hydrogen-bond acceptors (Lipinski definition) is 6. The molecule has 148 valence electrons. The molecular weight excluding hydrogens is 407 g/mol. The van der Waals surface area contributed by atoms with Gasteiger partial charge in [-0.05, 0) is 42.0 Å². The van der Waals surface area contributed by atoms with Crippen LogP contribution in [0.1, 0.15) is 5.56 Å². The van der Waals surface area contributed by atoms with Crippen molar-refractivity contribution in [3.63, 3.8) is 0 Å². The molecule has 10 heteroatoms. The van der Waals surface area contributed by atoms with Crippen LogP contribution in [-0.4, -0.2) is 35.1 Å². The number of nitrogens with one attached hydrogen (secondary N) is 3. The van der Waals surface area contributed by atoms with Crippen LogP contribution in [0, 0.1) is 11.8 Å². The number of hydroxylamine groups is 1. The predicted molar refractivity (Wildman–Crippen MR) is 103 cm³/mol. The molecule has 2 aromatic rings. The Kier molecular flexibility index (Phi) is 6.69. The van der Waals surface area contributed by atoms with Gasteiger partial charge >= 0.3 is 0 Å². The van der Waals surface area contributed by atoms with Crippen LogP contribution in [-0.2, 0) is 16.2 Å². The van der Waals surface area contributed by atoms with Crippen LogP contribution in [0.15, 0.2) is 36.4 Å². The number of halogens is 2. The minimum absolute atomic E-state index is 0.263. The van der Waals surface area contributed by atoms with Gasteiger partial charge in [0.2, 0.25) is 11.8 Å². The molecule has 2 heterocycles. The summed E-state index contributed by atoms with van der Waals surface area (Å²) in [7, 11) is 0. The molecule has 28 heavy (non-hydrogen) atoms. The van der Waals surface area contributed by atoms with Crippen LogP contribution in [0.5, 0.6) is 5.75 Å². The summed E-state index contributed by atoms with van der Waals surface area (Å²) in [6.45, 7) is 0.960. The van der Waals surface area contributed by atoms with Gasteiger partial charge in [-0.15, -0.1) is 0 Å². The highest BCUT2D eigenvalue weighted by Gasteiger charge is 2.37. The van der Waals surface area contributed by atoms with Crippen LogP contribution < -0.4 is 20.9 Å². The van der Waals surface area contributed by atoms with Crippen molar-refractivity contribution in [1.82, 2.24) is 15.8 Å². The quantitative estimate of drug-likeness (QED) is 0.321. The van der Waals surface area contributed by atoms with Gasteiger partial charge in [0, 0.05) is 18.8 Å². The van der Waals surface area contributed by atoms with Crippen LogP contribution >= 0.6 is 23.2 Å². The highest BCUT2D eigenvalue weighted by molar-refractivity contribution is 6.32. The molecule has 2 amide bonds. The Morgan fingerprint density at radius 2 is 1.71 bits per heavy atom. The van der Waals surface area contributed by atoms with Crippen molar-refractivity contribution in [2.75, 3.05) is 18.4 Å². The van der Waals surface area contributed by atoms with Gasteiger partial charge in [0.1, 0.15) is 22.7 Å². The first-order chi connectivity index (χ1) is 13.5. The molecule has 0 spiro atoms. The molecule has 8 nitrogen and oxygen atoms in total. The molecule has 1 aliphatic rings. The van der Waals surface area contributed by atoms with E-state index in [9.17, 15) is 9.59 Å². The lowest BCUT2D eigenvalue weighted by atomic mass is 9.94. The first-order valence-corrected chi connectivity index (χ1v) is 9.22. The third kappa shape index (κ3) is 5.11. The maximum atomic E-state index is 12.4. The van der Waals surface area contributed by atoms with Gasteiger partial charge in [0.05, 0.1) is 11.8 Å². The SMILES string of the molecule is O=C(NO)[C@H]1CNC[C@@H]1C(=O)Nc1ccc(OCc2cc(Cl)nc(Cl)c2)cc1. The van der Waals surface area contributed by atoms with Gasteiger partial charge in [-0.1, -0.05) is 23.2 Å². The highest BCUT2D eigenvalue weighted by atomic mass is 35.5. The second-order valence-corrected chi connectivity index (χ2v) is 7.04. The molecule has 1 saturated heterocycles. The topological polar surface area (TPSA) is 113 Å². The second kappa shape index (κ2) is 9.20. The van der Waals surface area contributed by atoms with Crippen LogP contribution in [0.3, 0.4) is 0 Å². The smallest absolute Gasteiger partial charge is 0.248 e. The summed E-state index contributed by atoms with van der Waals surface area (Å²) in [6, 6.07) is 10.1. The van der Waals surface area contributed by atoms with E-state index in [2.05, 4.69) is 15.6 Å². The molecule has 0 saturated carbocycles. The molecular formula is C18H18Cl2N4O4. The lowest BCUT2D eigenvalue weighted by Crippen LogP contribution is -2.38. The molecule has 3 rings (SSSR count). The van der Waals surface area contributed by atoms with Gasteiger partial charge in [-0.2, -0.15) is 0 Å². The van der Waals surface area contributed by atoms with Gasteiger partial charge in [0.15, 0.2) is 0 Å². The summed E-state index contributed by atoms with van der Waals surface area (Å²) in [6.07, 6.45) is 0. The van der Waals surface area contributed by atoms with E-state index in [0.29, 0.717) is 34.8 Å². The van der Waals surface area contributed by atoms with E-state index in [1.54, 1.807) is 41.9 Å². The molecule has 4 N–H and O–H groups in total. The number of hydrogen-bond donors (Lipinski definition) is 4. The first kappa shape index (κ1) is 20.3. The molecule has 0 bridgehead atoms. The zero-order valence-electron chi connectivity index (χ0n) is 14.6. The van der Waals surface area contributed by atoms with Crippen molar-refractivity contribution < 1.29 is 19.5 Å². The Hall–Kier alpha value is -2.39. The summed E-state index contributed by atoms with van der Waals surface area (Å²) in [5.74, 6) is -1.46. The van der Waals surface area contributed by atoms with Crippen LogP contribution in [0.2, 0.25) is 10.3 Å². The number of aromatic nitrogens is 1. The maximum Gasteiger partial charge on any atom is 0.248 e. The monoisotopic (exact) mass is 424 g/mol. The number of carbonyl (C=O) groups is 2. The Labute approximate surface area is 171 Å². The minimum atomic E-state index is -0.619. The number of anilines is 1. The number of amides is 2. The molecule has 1 aliphatic heterocycles. The molecule has 0 aliphatic carbocycles. The van der Waals surface area contributed by atoms with Crippen molar-refractivity contribution in [3.05, 3.63) is 52.3 Å². The normalized spacial score (nSPS) is 18.5.